The first-order valence-corrected chi connectivity index (χ1v) is 9.70. The van der Waals surface area contributed by atoms with E-state index in [0.717, 1.165) is 11.6 Å². The van der Waals surface area contributed by atoms with Crippen LogP contribution in [-0.4, -0.2) is 28.2 Å². The summed E-state index contributed by atoms with van der Waals surface area (Å²) < 4.78 is 0. The van der Waals surface area contributed by atoms with Crippen molar-refractivity contribution in [3.05, 3.63) is 94.9 Å². The third kappa shape index (κ3) is 6.02. The van der Waals surface area contributed by atoms with Gasteiger partial charge in [-0.05, 0) is 52.3 Å². The van der Waals surface area contributed by atoms with Crippen LogP contribution in [0, 0.1) is 0 Å². The normalized spacial score (nSPS) is 9.89. The van der Waals surface area contributed by atoms with Gasteiger partial charge in [-0.2, -0.15) is 0 Å². The molecule has 3 aromatic carbocycles. The van der Waals surface area contributed by atoms with Crippen LogP contribution in [0.4, 0.5) is 11.4 Å². The smallest absolute Gasteiger partial charge is 0.0361 e. The lowest BCUT2D eigenvalue weighted by Crippen LogP contribution is -2.11. The topological polar surface area (TPSA) is 6.48 Å². The van der Waals surface area contributed by atoms with E-state index >= 15 is 0 Å². The van der Waals surface area contributed by atoms with Gasteiger partial charge in [0, 0.05) is 39.6 Å². The molecule has 0 saturated carbocycles. The van der Waals surface area contributed by atoms with Crippen LogP contribution in [0.3, 0.4) is 0 Å². The van der Waals surface area contributed by atoms with Crippen molar-refractivity contribution in [2.75, 3.05) is 38.0 Å². The molecule has 0 spiro atoms. The standard InChI is InChI=1S/C18H21N.C8H11N/c1-5-18(15-8-6-14(2)7-9-15)16-10-12-17(13-11-16)19(3)4;1-9(2)8-6-4-3-5-7-8/h6-13H,2,5H2,1,3-4H3;3-7H,1-2H3. The Kier molecular flexibility index (Phi) is 7.88. The van der Waals surface area contributed by atoms with E-state index in [1.54, 1.807) is 0 Å². The van der Waals surface area contributed by atoms with Crippen molar-refractivity contribution in [1.29, 1.82) is 0 Å². The van der Waals surface area contributed by atoms with Gasteiger partial charge >= 0.3 is 0 Å². The SMILES string of the molecule is C=c1ccc(=C(CC)c2ccc(N(C)C)cc2)cc1.CN(C)c1ccccc1. The van der Waals surface area contributed by atoms with Gasteiger partial charge in [0.2, 0.25) is 0 Å². The van der Waals surface area contributed by atoms with E-state index in [1.807, 2.05) is 32.3 Å². The molecule has 0 aromatic heterocycles. The van der Waals surface area contributed by atoms with E-state index in [-0.39, 0.29) is 0 Å². The molecule has 0 atom stereocenters. The maximum Gasteiger partial charge on any atom is 0.0361 e. The fourth-order valence-electron chi connectivity index (χ4n) is 2.97. The lowest BCUT2D eigenvalue weighted by molar-refractivity contribution is 1.13. The Morgan fingerprint density at radius 2 is 1.18 bits per heavy atom. The van der Waals surface area contributed by atoms with Crippen molar-refractivity contribution in [1.82, 2.24) is 0 Å². The summed E-state index contributed by atoms with van der Waals surface area (Å²) in [6, 6.07) is 27.4. The molecule has 0 heterocycles. The van der Waals surface area contributed by atoms with Crippen LogP contribution >= 0.6 is 0 Å². The number of anilines is 2. The fourth-order valence-corrected chi connectivity index (χ4v) is 2.97. The molecule has 28 heavy (non-hydrogen) atoms. The third-order valence-electron chi connectivity index (χ3n) is 4.66. The van der Waals surface area contributed by atoms with Crippen LogP contribution in [0.15, 0.2) is 78.9 Å². The summed E-state index contributed by atoms with van der Waals surface area (Å²) in [5.41, 5.74) is 5.15. The average Bonchev–Trinajstić information content (AvgIpc) is 2.71. The van der Waals surface area contributed by atoms with Gasteiger partial charge in [0.1, 0.15) is 0 Å². The summed E-state index contributed by atoms with van der Waals surface area (Å²) in [6.45, 7) is 6.14. The highest BCUT2D eigenvalue weighted by Crippen LogP contribution is 2.19. The van der Waals surface area contributed by atoms with E-state index in [4.69, 9.17) is 0 Å². The molecule has 146 valence electrons. The number of benzene rings is 3. The van der Waals surface area contributed by atoms with E-state index in [2.05, 4.69) is 98.1 Å². The first-order valence-electron chi connectivity index (χ1n) is 9.70. The first-order chi connectivity index (χ1) is 13.4. The Morgan fingerprint density at radius 3 is 1.61 bits per heavy atom. The summed E-state index contributed by atoms with van der Waals surface area (Å²) in [5, 5.41) is 2.34. The van der Waals surface area contributed by atoms with Crippen LogP contribution in [0.5, 0.6) is 0 Å². The molecule has 3 rings (SSSR count). The second-order valence-electron chi connectivity index (χ2n) is 7.20. The molecule has 0 N–H and O–H groups in total. The van der Waals surface area contributed by atoms with Crippen LogP contribution in [0.2, 0.25) is 0 Å². The van der Waals surface area contributed by atoms with Gasteiger partial charge in [0.15, 0.2) is 0 Å². The Labute approximate surface area is 170 Å². The summed E-state index contributed by atoms with van der Waals surface area (Å²) in [6.07, 6.45) is 1.03. The lowest BCUT2D eigenvalue weighted by atomic mass is 10.00. The Bertz CT molecular complexity index is 932. The number of rotatable bonds is 4. The van der Waals surface area contributed by atoms with E-state index in [1.165, 1.54) is 27.7 Å². The quantitative estimate of drug-likeness (QED) is 0.664. The van der Waals surface area contributed by atoms with Crippen molar-refractivity contribution < 1.29 is 0 Å². The lowest BCUT2D eigenvalue weighted by Gasteiger charge is -2.13. The Balaban J connectivity index is 0.000000261. The zero-order valence-corrected chi connectivity index (χ0v) is 17.8. The Hall–Kier alpha value is -3.00. The molecular weight excluding hydrogens is 340 g/mol. The molecular formula is C26H32N2. The molecule has 2 heteroatoms. The predicted molar refractivity (Wildman–Crippen MR) is 126 cm³/mol. The minimum Gasteiger partial charge on any atom is -0.378 e. The van der Waals surface area contributed by atoms with Crippen molar-refractivity contribution in [3.8, 4) is 0 Å². The van der Waals surface area contributed by atoms with Crippen molar-refractivity contribution in [3.63, 3.8) is 0 Å². The number of hydrogen-bond donors (Lipinski definition) is 0. The van der Waals surface area contributed by atoms with Crippen LogP contribution in [-0.2, 0) is 0 Å². The van der Waals surface area contributed by atoms with Gasteiger partial charge in [-0.15, -0.1) is 0 Å². The molecule has 0 aliphatic carbocycles. The van der Waals surface area contributed by atoms with Crippen LogP contribution < -0.4 is 20.2 Å². The van der Waals surface area contributed by atoms with Crippen LogP contribution in [0.1, 0.15) is 18.9 Å². The number of hydrogen-bond acceptors (Lipinski definition) is 2. The van der Waals surface area contributed by atoms with Gasteiger partial charge < -0.3 is 9.80 Å². The largest absolute Gasteiger partial charge is 0.378 e. The summed E-state index contributed by atoms with van der Waals surface area (Å²) >= 11 is 0. The van der Waals surface area contributed by atoms with Crippen LogP contribution in [0.25, 0.3) is 12.2 Å². The van der Waals surface area contributed by atoms with Gasteiger partial charge in [0.25, 0.3) is 0 Å². The van der Waals surface area contributed by atoms with Gasteiger partial charge in [-0.1, -0.05) is 68.1 Å². The molecule has 0 fully saturated rings. The first kappa shape index (κ1) is 21.3. The molecule has 0 unspecified atom stereocenters. The molecule has 3 aromatic rings. The van der Waals surface area contributed by atoms with E-state index in [0.29, 0.717) is 0 Å². The minimum atomic E-state index is 1.03. The molecule has 0 aliphatic heterocycles. The van der Waals surface area contributed by atoms with Crippen molar-refractivity contribution in [2.45, 2.75) is 13.3 Å². The highest BCUT2D eigenvalue weighted by Gasteiger charge is 2.01. The van der Waals surface area contributed by atoms with Gasteiger partial charge in [0.05, 0.1) is 0 Å². The molecule has 0 amide bonds. The highest BCUT2D eigenvalue weighted by atomic mass is 15.1. The van der Waals surface area contributed by atoms with Crippen molar-refractivity contribution in [2.24, 2.45) is 0 Å². The maximum absolute atomic E-state index is 3.94. The fraction of sp³-hybridized carbons (Fsp3) is 0.231. The molecule has 0 aliphatic rings. The summed E-state index contributed by atoms with van der Waals surface area (Å²) in [4.78, 5) is 4.20. The van der Waals surface area contributed by atoms with Gasteiger partial charge in [-0.25, -0.2) is 0 Å². The van der Waals surface area contributed by atoms with E-state index in [9.17, 15) is 0 Å². The molecule has 0 radical (unpaired) electrons. The third-order valence-corrected chi connectivity index (χ3v) is 4.66. The summed E-state index contributed by atoms with van der Waals surface area (Å²) in [7, 11) is 8.20. The number of nitrogens with zero attached hydrogens (tertiary/aromatic N) is 2. The highest BCUT2D eigenvalue weighted by molar-refractivity contribution is 5.67. The molecule has 0 saturated heterocycles. The Morgan fingerprint density at radius 1 is 0.679 bits per heavy atom. The zero-order valence-electron chi connectivity index (χ0n) is 17.8. The second kappa shape index (κ2) is 10.4. The maximum atomic E-state index is 3.94. The minimum absolute atomic E-state index is 1.03. The average molecular weight is 373 g/mol. The van der Waals surface area contributed by atoms with Crippen molar-refractivity contribution >= 4 is 23.5 Å². The monoisotopic (exact) mass is 372 g/mol. The summed E-state index contributed by atoms with van der Waals surface area (Å²) in [5.74, 6) is 0. The number of para-hydroxylation sites is 1. The molecule has 2 nitrogen and oxygen atoms in total. The van der Waals surface area contributed by atoms with Gasteiger partial charge in [-0.3, -0.25) is 0 Å². The predicted octanol–water partition coefficient (Wildman–Crippen LogP) is 4.52. The second-order valence-corrected chi connectivity index (χ2v) is 7.20. The van der Waals surface area contributed by atoms with E-state index < -0.39 is 0 Å². The zero-order chi connectivity index (χ0) is 20.5. The molecule has 0 bridgehead atoms.